The summed E-state index contributed by atoms with van der Waals surface area (Å²) in [5.41, 5.74) is -1.23. The summed E-state index contributed by atoms with van der Waals surface area (Å²) in [7, 11) is 0. The number of nitro groups is 1. The van der Waals surface area contributed by atoms with E-state index in [9.17, 15) is 24.4 Å². The number of carbonyl (C=O) groups excluding carboxylic acids is 1. The maximum absolute atomic E-state index is 14.0. The molecular formula is C18H23FN2O6. The molecule has 0 saturated carbocycles. The standard InChI is InChI=1S/C18H23FN2O6/c1-18(2,3)27-17(23)20-9-13(26-11-12(20)10-22)7-8-14-15(19)5-4-6-16(14)21(24)25/h4-8,12-13,22H,9-11H2,1-3H3/b8-7+. The highest BCUT2D eigenvalue weighted by molar-refractivity contribution is 5.69. The molecule has 2 unspecified atom stereocenters. The van der Waals surface area contributed by atoms with Gasteiger partial charge in [-0.15, -0.1) is 0 Å². The molecule has 1 aromatic rings. The van der Waals surface area contributed by atoms with Gasteiger partial charge in [0.2, 0.25) is 0 Å². The molecule has 9 heteroatoms. The van der Waals surface area contributed by atoms with Gasteiger partial charge >= 0.3 is 6.09 Å². The van der Waals surface area contributed by atoms with Crippen LogP contribution in [0.25, 0.3) is 6.08 Å². The predicted octanol–water partition coefficient (Wildman–Crippen LogP) is 2.74. The minimum Gasteiger partial charge on any atom is -0.444 e. The monoisotopic (exact) mass is 382 g/mol. The molecule has 1 heterocycles. The summed E-state index contributed by atoms with van der Waals surface area (Å²) in [6, 6.07) is 3.03. The quantitative estimate of drug-likeness (QED) is 0.635. The summed E-state index contributed by atoms with van der Waals surface area (Å²) in [6.45, 7) is 5.02. The highest BCUT2D eigenvalue weighted by Gasteiger charge is 2.34. The Morgan fingerprint density at radius 2 is 2.22 bits per heavy atom. The Balaban J connectivity index is 2.18. The molecule has 2 atom stereocenters. The van der Waals surface area contributed by atoms with Crippen LogP contribution in [0.15, 0.2) is 24.3 Å². The number of ether oxygens (including phenoxy) is 2. The van der Waals surface area contributed by atoms with Gasteiger partial charge in [0.25, 0.3) is 5.69 Å². The Labute approximate surface area is 156 Å². The Kier molecular flexibility index (Phi) is 6.50. The Morgan fingerprint density at radius 1 is 1.52 bits per heavy atom. The smallest absolute Gasteiger partial charge is 0.410 e. The minimum atomic E-state index is -0.728. The van der Waals surface area contributed by atoms with Crippen LogP contribution in [-0.2, 0) is 9.47 Å². The van der Waals surface area contributed by atoms with E-state index < -0.39 is 34.6 Å². The molecule has 148 valence electrons. The van der Waals surface area contributed by atoms with E-state index in [2.05, 4.69) is 0 Å². The Bertz CT molecular complexity index is 731. The van der Waals surface area contributed by atoms with Crippen molar-refractivity contribution >= 4 is 17.9 Å². The van der Waals surface area contributed by atoms with Gasteiger partial charge in [-0.3, -0.25) is 15.0 Å². The van der Waals surface area contributed by atoms with Gasteiger partial charge in [-0.2, -0.15) is 0 Å². The second-order valence-electron chi connectivity index (χ2n) is 7.13. The van der Waals surface area contributed by atoms with Gasteiger partial charge in [0, 0.05) is 6.07 Å². The molecule has 27 heavy (non-hydrogen) atoms. The highest BCUT2D eigenvalue weighted by atomic mass is 19.1. The van der Waals surface area contributed by atoms with E-state index in [4.69, 9.17) is 9.47 Å². The summed E-state index contributed by atoms with van der Waals surface area (Å²) >= 11 is 0. The van der Waals surface area contributed by atoms with Crippen LogP contribution in [0.4, 0.5) is 14.9 Å². The molecule has 1 aliphatic heterocycles. The largest absolute Gasteiger partial charge is 0.444 e. The van der Waals surface area contributed by atoms with Crippen LogP contribution < -0.4 is 0 Å². The van der Waals surface area contributed by atoms with E-state index in [1.54, 1.807) is 20.8 Å². The third-order valence-electron chi connectivity index (χ3n) is 3.86. The van der Waals surface area contributed by atoms with E-state index in [1.807, 2.05) is 0 Å². The zero-order chi connectivity index (χ0) is 20.2. The second kappa shape index (κ2) is 8.45. The number of hydrogen-bond donors (Lipinski definition) is 1. The Morgan fingerprint density at radius 3 is 2.81 bits per heavy atom. The van der Waals surface area contributed by atoms with Gasteiger partial charge in [0.1, 0.15) is 11.4 Å². The van der Waals surface area contributed by atoms with Gasteiger partial charge in [0.05, 0.1) is 42.4 Å². The molecule has 8 nitrogen and oxygen atoms in total. The molecule has 2 rings (SSSR count). The number of nitro benzene ring substituents is 1. The fraction of sp³-hybridized carbons (Fsp3) is 0.500. The van der Waals surface area contributed by atoms with Crippen molar-refractivity contribution in [2.75, 3.05) is 19.8 Å². The average Bonchev–Trinajstić information content (AvgIpc) is 2.58. The lowest BCUT2D eigenvalue weighted by Crippen LogP contribution is -2.54. The summed E-state index contributed by atoms with van der Waals surface area (Å²) in [4.78, 5) is 24.1. The lowest BCUT2D eigenvalue weighted by Gasteiger charge is -2.38. The molecule has 1 aromatic carbocycles. The fourth-order valence-electron chi connectivity index (χ4n) is 2.59. The first kappa shape index (κ1) is 20.8. The summed E-state index contributed by atoms with van der Waals surface area (Å²) in [5.74, 6) is -0.728. The van der Waals surface area contributed by atoms with Crippen LogP contribution in [0.5, 0.6) is 0 Å². The van der Waals surface area contributed by atoms with E-state index in [-0.39, 0.29) is 31.0 Å². The number of amides is 1. The van der Waals surface area contributed by atoms with Crippen molar-refractivity contribution in [2.24, 2.45) is 0 Å². The van der Waals surface area contributed by atoms with Crippen LogP contribution >= 0.6 is 0 Å². The van der Waals surface area contributed by atoms with Crippen LogP contribution in [0.2, 0.25) is 0 Å². The lowest BCUT2D eigenvalue weighted by atomic mass is 10.1. The highest BCUT2D eigenvalue weighted by Crippen LogP contribution is 2.24. The third-order valence-corrected chi connectivity index (χ3v) is 3.86. The number of morpholine rings is 1. The molecule has 0 aliphatic carbocycles. The predicted molar refractivity (Wildman–Crippen MR) is 95.6 cm³/mol. The third kappa shape index (κ3) is 5.48. The fourth-order valence-corrected chi connectivity index (χ4v) is 2.59. The van der Waals surface area contributed by atoms with E-state index in [0.29, 0.717) is 0 Å². The van der Waals surface area contributed by atoms with Crippen LogP contribution in [0, 0.1) is 15.9 Å². The van der Waals surface area contributed by atoms with Crippen LogP contribution in [0.1, 0.15) is 26.3 Å². The first-order valence-electron chi connectivity index (χ1n) is 8.45. The maximum atomic E-state index is 14.0. The van der Waals surface area contributed by atoms with Gasteiger partial charge in [0.15, 0.2) is 0 Å². The van der Waals surface area contributed by atoms with Crippen LogP contribution in [-0.4, -0.2) is 58.5 Å². The number of halogens is 1. The zero-order valence-electron chi connectivity index (χ0n) is 15.4. The first-order valence-corrected chi connectivity index (χ1v) is 8.45. The average molecular weight is 382 g/mol. The zero-order valence-corrected chi connectivity index (χ0v) is 15.4. The van der Waals surface area contributed by atoms with Crippen molar-refractivity contribution in [3.8, 4) is 0 Å². The maximum Gasteiger partial charge on any atom is 0.410 e. The van der Waals surface area contributed by atoms with Gasteiger partial charge in [-0.1, -0.05) is 12.1 Å². The SMILES string of the molecule is CC(C)(C)OC(=O)N1CC(/C=C/c2c(F)cccc2[N+](=O)[O-])OCC1CO. The number of hydrogen-bond acceptors (Lipinski definition) is 6. The molecular weight excluding hydrogens is 359 g/mol. The van der Waals surface area contributed by atoms with Crippen molar-refractivity contribution in [2.45, 2.75) is 38.5 Å². The number of benzene rings is 1. The van der Waals surface area contributed by atoms with Crippen molar-refractivity contribution in [3.63, 3.8) is 0 Å². The molecule has 0 radical (unpaired) electrons. The molecule has 0 aromatic heterocycles. The van der Waals surface area contributed by atoms with E-state index in [1.165, 1.54) is 29.2 Å². The normalized spacial score (nSPS) is 20.7. The van der Waals surface area contributed by atoms with Crippen LogP contribution in [0.3, 0.4) is 0 Å². The Hall–Kier alpha value is -2.52. The summed E-state index contributed by atoms with van der Waals surface area (Å²) in [6.07, 6.45) is 1.50. The molecule has 0 spiro atoms. The van der Waals surface area contributed by atoms with Crippen molar-refractivity contribution < 1.29 is 28.7 Å². The molecule has 1 amide bonds. The number of rotatable bonds is 4. The first-order chi connectivity index (χ1) is 12.6. The van der Waals surface area contributed by atoms with Gasteiger partial charge < -0.3 is 14.6 Å². The van der Waals surface area contributed by atoms with Gasteiger partial charge in [-0.05, 0) is 32.9 Å². The summed E-state index contributed by atoms with van der Waals surface area (Å²) < 4.78 is 24.9. The minimum absolute atomic E-state index is 0.0596. The molecule has 1 aliphatic rings. The molecule has 0 bridgehead atoms. The van der Waals surface area contributed by atoms with E-state index >= 15 is 0 Å². The van der Waals surface area contributed by atoms with E-state index in [0.717, 1.165) is 6.07 Å². The van der Waals surface area contributed by atoms with Crippen molar-refractivity contribution in [1.29, 1.82) is 0 Å². The second-order valence-corrected chi connectivity index (χ2v) is 7.13. The van der Waals surface area contributed by atoms with Gasteiger partial charge in [-0.25, -0.2) is 9.18 Å². The lowest BCUT2D eigenvalue weighted by molar-refractivity contribution is -0.385. The van der Waals surface area contributed by atoms with Crippen molar-refractivity contribution in [1.82, 2.24) is 4.90 Å². The summed E-state index contributed by atoms with van der Waals surface area (Å²) in [5, 5.41) is 20.5. The molecule has 1 saturated heterocycles. The molecule has 1 N–H and O–H groups in total. The number of carbonyl (C=O) groups is 1. The molecule has 1 fully saturated rings. The number of aliphatic hydroxyl groups is 1. The topological polar surface area (TPSA) is 102 Å². The number of nitrogens with zero attached hydrogens (tertiary/aromatic N) is 2. The van der Waals surface area contributed by atoms with Crippen molar-refractivity contribution in [3.05, 3.63) is 45.8 Å². The number of aliphatic hydroxyl groups excluding tert-OH is 1.